The first kappa shape index (κ1) is 16.6. The van der Waals surface area contributed by atoms with Gasteiger partial charge in [-0.25, -0.2) is 0 Å². The van der Waals surface area contributed by atoms with Gasteiger partial charge in [0.2, 0.25) is 0 Å². The van der Waals surface area contributed by atoms with Crippen molar-refractivity contribution in [2.45, 2.75) is 19.4 Å². The molecule has 0 spiro atoms. The van der Waals surface area contributed by atoms with Crippen LogP contribution in [-0.2, 0) is 16.1 Å². The van der Waals surface area contributed by atoms with Crippen LogP contribution in [0.4, 0.5) is 0 Å². The lowest BCUT2D eigenvalue weighted by molar-refractivity contribution is -0.141. The van der Waals surface area contributed by atoms with Crippen LogP contribution in [0.25, 0.3) is 0 Å². The van der Waals surface area contributed by atoms with E-state index in [4.69, 9.17) is 27.9 Å². The van der Waals surface area contributed by atoms with Gasteiger partial charge in [-0.2, -0.15) is 0 Å². The number of hydrogen-bond acceptors (Lipinski definition) is 4. The highest BCUT2D eigenvalue weighted by molar-refractivity contribution is 6.42. The lowest BCUT2D eigenvalue weighted by atomic mass is 10.0. The first-order chi connectivity index (χ1) is 10.1. The lowest BCUT2D eigenvalue weighted by Crippen LogP contribution is -2.29. The van der Waals surface area contributed by atoms with Crippen LogP contribution in [0.15, 0.2) is 18.2 Å². The number of rotatable bonds is 7. The van der Waals surface area contributed by atoms with E-state index in [0.717, 1.165) is 24.9 Å². The SMILES string of the molecule is O=C1OCCC1CCN(CCO)Cc1ccc(Cl)c(Cl)c1. The number of nitrogens with zero attached hydrogens (tertiary/aromatic N) is 1. The number of carbonyl (C=O) groups excluding carboxylic acids is 1. The van der Waals surface area contributed by atoms with Crippen LogP contribution in [0.1, 0.15) is 18.4 Å². The Morgan fingerprint density at radius 1 is 1.29 bits per heavy atom. The Morgan fingerprint density at radius 3 is 2.71 bits per heavy atom. The highest BCUT2D eigenvalue weighted by Crippen LogP contribution is 2.24. The second kappa shape index (κ2) is 7.99. The number of aliphatic hydroxyl groups is 1. The minimum absolute atomic E-state index is 0.0139. The fourth-order valence-corrected chi connectivity index (χ4v) is 2.77. The van der Waals surface area contributed by atoms with Gasteiger partial charge in [-0.1, -0.05) is 29.3 Å². The van der Waals surface area contributed by atoms with Gasteiger partial charge in [-0.15, -0.1) is 0 Å². The molecule has 6 heteroatoms. The van der Waals surface area contributed by atoms with Crippen LogP contribution < -0.4 is 0 Å². The molecule has 0 radical (unpaired) electrons. The molecule has 0 aliphatic carbocycles. The number of hydrogen-bond donors (Lipinski definition) is 1. The number of esters is 1. The molecule has 0 saturated carbocycles. The topological polar surface area (TPSA) is 49.8 Å². The molecule has 1 aliphatic rings. The van der Waals surface area contributed by atoms with Crippen LogP contribution in [0.3, 0.4) is 0 Å². The maximum atomic E-state index is 11.5. The highest BCUT2D eigenvalue weighted by atomic mass is 35.5. The summed E-state index contributed by atoms with van der Waals surface area (Å²) in [5, 5.41) is 10.2. The van der Waals surface area contributed by atoms with Gasteiger partial charge in [-0.3, -0.25) is 9.69 Å². The molecule has 1 heterocycles. The van der Waals surface area contributed by atoms with E-state index in [1.165, 1.54) is 0 Å². The van der Waals surface area contributed by atoms with Crippen molar-refractivity contribution in [2.24, 2.45) is 5.92 Å². The monoisotopic (exact) mass is 331 g/mol. The van der Waals surface area contributed by atoms with Gasteiger partial charge in [0.15, 0.2) is 0 Å². The first-order valence-electron chi connectivity index (χ1n) is 7.04. The Kier molecular flexibility index (Phi) is 6.30. The smallest absolute Gasteiger partial charge is 0.309 e. The van der Waals surface area contributed by atoms with E-state index < -0.39 is 0 Å². The molecule has 21 heavy (non-hydrogen) atoms. The van der Waals surface area contributed by atoms with Crippen LogP contribution in [0.2, 0.25) is 10.0 Å². The first-order valence-corrected chi connectivity index (χ1v) is 7.79. The molecule has 0 amide bonds. The minimum atomic E-state index is -0.103. The van der Waals surface area contributed by atoms with E-state index >= 15 is 0 Å². The third-order valence-electron chi connectivity index (χ3n) is 3.64. The van der Waals surface area contributed by atoms with Crippen molar-refractivity contribution in [2.75, 3.05) is 26.3 Å². The van der Waals surface area contributed by atoms with Crippen molar-refractivity contribution in [3.05, 3.63) is 33.8 Å². The minimum Gasteiger partial charge on any atom is -0.465 e. The van der Waals surface area contributed by atoms with Crippen LogP contribution in [-0.4, -0.2) is 42.3 Å². The molecular weight excluding hydrogens is 313 g/mol. The molecule has 0 bridgehead atoms. The summed E-state index contributed by atoms with van der Waals surface area (Å²) in [6.45, 7) is 2.56. The summed E-state index contributed by atoms with van der Waals surface area (Å²) in [7, 11) is 0. The summed E-state index contributed by atoms with van der Waals surface area (Å²) < 4.78 is 4.97. The van der Waals surface area contributed by atoms with Crippen molar-refractivity contribution in [3.63, 3.8) is 0 Å². The number of ether oxygens (including phenoxy) is 1. The van der Waals surface area contributed by atoms with Gasteiger partial charge in [0.25, 0.3) is 0 Å². The molecule has 116 valence electrons. The number of cyclic esters (lactones) is 1. The van der Waals surface area contributed by atoms with Gasteiger partial charge >= 0.3 is 5.97 Å². The van der Waals surface area contributed by atoms with Crippen molar-refractivity contribution < 1.29 is 14.6 Å². The molecule has 1 atom stereocenters. The zero-order valence-electron chi connectivity index (χ0n) is 11.7. The third kappa shape index (κ3) is 4.85. The Labute approximate surface area is 134 Å². The van der Waals surface area contributed by atoms with Gasteiger partial charge < -0.3 is 9.84 Å². The average Bonchev–Trinajstić information content (AvgIpc) is 2.86. The van der Waals surface area contributed by atoms with E-state index in [2.05, 4.69) is 4.90 Å². The van der Waals surface area contributed by atoms with Gasteiger partial charge in [0.05, 0.1) is 29.2 Å². The van der Waals surface area contributed by atoms with E-state index in [0.29, 0.717) is 29.7 Å². The third-order valence-corrected chi connectivity index (χ3v) is 4.38. The molecule has 1 aliphatic heterocycles. The van der Waals surface area contributed by atoms with Gasteiger partial charge in [0, 0.05) is 13.1 Å². The zero-order valence-corrected chi connectivity index (χ0v) is 13.2. The quantitative estimate of drug-likeness (QED) is 0.780. The summed E-state index contributed by atoms with van der Waals surface area (Å²) in [6, 6.07) is 5.52. The van der Waals surface area contributed by atoms with Crippen LogP contribution in [0, 0.1) is 5.92 Å². The summed E-state index contributed by atoms with van der Waals surface area (Å²) >= 11 is 11.9. The molecular formula is C15H19Cl2NO3. The normalized spacial score (nSPS) is 18.3. The van der Waals surface area contributed by atoms with E-state index in [-0.39, 0.29) is 18.5 Å². The largest absolute Gasteiger partial charge is 0.465 e. The molecule has 2 rings (SSSR count). The molecule has 1 fully saturated rings. The average molecular weight is 332 g/mol. The van der Waals surface area contributed by atoms with E-state index in [1.54, 1.807) is 6.07 Å². The Morgan fingerprint density at radius 2 is 2.10 bits per heavy atom. The fraction of sp³-hybridized carbons (Fsp3) is 0.533. The van der Waals surface area contributed by atoms with Gasteiger partial charge in [-0.05, 0) is 37.1 Å². The lowest BCUT2D eigenvalue weighted by Gasteiger charge is -2.22. The molecule has 1 N–H and O–H groups in total. The Balaban J connectivity index is 1.91. The van der Waals surface area contributed by atoms with Crippen molar-refractivity contribution in [3.8, 4) is 0 Å². The maximum Gasteiger partial charge on any atom is 0.309 e. The molecule has 1 aromatic rings. The van der Waals surface area contributed by atoms with Crippen molar-refractivity contribution in [1.82, 2.24) is 4.90 Å². The number of benzene rings is 1. The van der Waals surface area contributed by atoms with E-state index in [9.17, 15) is 9.90 Å². The summed E-state index contributed by atoms with van der Waals surface area (Å²) in [4.78, 5) is 13.6. The van der Waals surface area contributed by atoms with Crippen LogP contribution >= 0.6 is 23.2 Å². The fourth-order valence-electron chi connectivity index (χ4n) is 2.45. The predicted molar refractivity (Wildman–Crippen MR) is 82.5 cm³/mol. The summed E-state index contributed by atoms with van der Waals surface area (Å²) in [5.74, 6) is -0.117. The second-order valence-corrected chi connectivity index (χ2v) is 6.00. The number of carbonyl (C=O) groups is 1. The second-order valence-electron chi connectivity index (χ2n) is 5.19. The molecule has 1 unspecified atom stereocenters. The highest BCUT2D eigenvalue weighted by Gasteiger charge is 2.26. The zero-order chi connectivity index (χ0) is 15.2. The molecule has 1 saturated heterocycles. The predicted octanol–water partition coefficient (Wildman–Crippen LogP) is 2.74. The van der Waals surface area contributed by atoms with Crippen molar-refractivity contribution in [1.29, 1.82) is 0 Å². The summed E-state index contributed by atoms with van der Waals surface area (Å²) in [5.41, 5.74) is 1.03. The number of halogens is 2. The molecule has 1 aromatic carbocycles. The number of aliphatic hydroxyl groups excluding tert-OH is 1. The van der Waals surface area contributed by atoms with E-state index in [1.807, 2.05) is 12.1 Å². The molecule has 4 nitrogen and oxygen atoms in total. The standard InChI is InChI=1S/C15H19Cl2NO3/c16-13-2-1-11(9-14(13)17)10-18(6-7-19)5-3-12-4-8-21-15(12)20/h1-2,9,12,19H,3-8,10H2. The Hall–Kier alpha value is -0.810. The van der Waals surface area contributed by atoms with Crippen molar-refractivity contribution >= 4 is 29.2 Å². The summed E-state index contributed by atoms with van der Waals surface area (Å²) in [6.07, 6.45) is 1.54. The Bertz CT molecular complexity index is 496. The van der Waals surface area contributed by atoms with Gasteiger partial charge in [0.1, 0.15) is 0 Å². The van der Waals surface area contributed by atoms with Crippen LogP contribution in [0.5, 0.6) is 0 Å². The molecule has 0 aromatic heterocycles. The maximum absolute atomic E-state index is 11.5.